The van der Waals surface area contributed by atoms with Crippen LogP contribution in [-0.2, 0) is 0 Å². The van der Waals surface area contributed by atoms with Crippen LogP contribution in [0.1, 0.15) is 11.9 Å². The molecule has 1 N–H and O–H groups in total. The van der Waals surface area contributed by atoms with Crippen LogP contribution >= 0.6 is 11.8 Å². The van der Waals surface area contributed by atoms with Crippen molar-refractivity contribution in [2.75, 3.05) is 32.9 Å². The smallest absolute Gasteiger partial charge is 0.276 e. The van der Waals surface area contributed by atoms with E-state index in [-0.39, 0.29) is 6.04 Å². The molecular formula is C8H14N4OS. The first-order chi connectivity index (χ1) is 6.79. The highest BCUT2D eigenvalue weighted by Crippen LogP contribution is 2.19. The van der Waals surface area contributed by atoms with Crippen LogP contribution in [0.3, 0.4) is 0 Å². The molecule has 2 rings (SSSR count). The van der Waals surface area contributed by atoms with E-state index < -0.39 is 0 Å². The van der Waals surface area contributed by atoms with E-state index in [4.69, 9.17) is 4.42 Å². The average molecular weight is 214 g/mol. The zero-order valence-corrected chi connectivity index (χ0v) is 9.17. The molecule has 78 valence electrons. The number of hydrogen-bond acceptors (Lipinski definition) is 6. The van der Waals surface area contributed by atoms with Crippen LogP contribution in [-0.4, -0.2) is 48.0 Å². The zero-order chi connectivity index (χ0) is 9.97. The number of rotatable bonds is 2. The Morgan fingerprint density at radius 1 is 1.57 bits per heavy atom. The summed E-state index contributed by atoms with van der Waals surface area (Å²) >= 11 is 1.47. The summed E-state index contributed by atoms with van der Waals surface area (Å²) in [7, 11) is 2.10. The first kappa shape index (κ1) is 9.95. The summed E-state index contributed by atoms with van der Waals surface area (Å²) in [6.45, 7) is 2.97. The van der Waals surface area contributed by atoms with Crippen molar-refractivity contribution in [1.29, 1.82) is 0 Å². The van der Waals surface area contributed by atoms with Gasteiger partial charge in [0.1, 0.15) is 0 Å². The van der Waals surface area contributed by atoms with Crippen LogP contribution in [0, 0.1) is 0 Å². The summed E-state index contributed by atoms with van der Waals surface area (Å²) in [5.74, 6) is 0.695. The summed E-state index contributed by atoms with van der Waals surface area (Å²) in [4.78, 5) is 2.25. The molecular weight excluding hydrogens is 200 g/mol. The lowest BCUT2D eigenvalue weighted by atomic mass is 10.2. The van der Waals surface area contributed by atoms with E-state index >= 15 is 0 Å². The fraction of sp³-hybridized carbons (Fsp3) is 0.750. The Morgan fingerprint density at radius 3 is 3.07 bits per heavy atom. The number of nitrogens with one attached hydrogen (secondary N) is 1. The minimum atomic E-state index is 0.183. The molecule has 6 heteroatoms. The van der Waals surface area contributed by atoms with E-state index in [0.29, 0.717) is 11.1 Å². The molecule has 1 unspecified atom stereocenters. The second kappa shape index (κ2) is 4.29. The van der Waals surface area contributed by atoms with Crippen molar-refractivity contribution >= 4 is 11.8 Å². The van der Waals surface area contributed by atoms with Crippen LogP contribution in [0.25, 0.3) is 0 Å². The van der Waals surface area contributed by atoms with Gasteiger partial charge in [-0.15, -0.1) is 10.2 Å². The van der Waals surface area contributed by atoms with Gasteiger partial charge in [-0.1, -0.05) is 11.8 Å². The fourth-order valence-electron chi connectivity index (χ4n) is 1.51. The average Bonchev–Trinajstić information content (AvgIpc) is 2.66. The van der Waals surface area contributed by atoms with Crippen LogP contribution in [0.15, 0.2) is 9.64 Å². The zero-order valence-electron chi connectivity index (χ0n) is 8.36. The third kappa shape index (κ3) is 2.08. The van der Waals surface area contributed by atoms with E-state index in [1.807, 2.05) is 6.26 Å². The minimum absolute atomic E-state index is 0.183. The minimum Gasteiger partial charge on any atom is -0.414 e. The number of nitrogens with zero attached hydrogens (tertiary/aromatic N) is 3. The van der Waals surface area contributed by atoms with Gasteiger partial charge in [-0.2, -0.15) is 0 Å². The van der Waals surface area contributed by atoms with E-state index in [1.54, 1.807) is 0 Å². The van der Waals surface area contributed by atoms with Crippen LogP contribution in [0.5, 0.6) is 0 Å². The molecule has 0 radical (unpaired) electrons. The maximum Gasteiger partial charge on any atom is 0.276 e. The predicted molar refractivity (Wildman–Crippen MR) is 54.3 cm³/mol. The van der Waals surface area contributed by atoms with Crippen molar-refractivity contribution in [3.63, 3.8) is 0 Å². The molecule has 0 amide bonds. The Labute approximate surface area is 87.3 Å². The third-order valence-electron chi connectivity index (χ3n) is 2.27. The Bertz CT molecular complexity index is 303. The van der Waals surface area contributed by atoms with Crippen LogP contribution < -0.4 is 5.32 Å². The van der Waals surface area contributed by atoms with Crippen molar-refractivity contribution < 1.29 is 4.42 Å². The normalized spacial score (nSPS) is 24.0. The van der Waals surface area contributed by atoms with E-state index in [0.717, 1.165) is 19.6 Å². The Morgan fingerprint density at radius 2 is 2.43 bits per heavy atom. The lowest BCUT2D eigenvalue weighted by Gasteiger charge is -2.28. The van der Waals surface area contributed by atoms with Crippen LogP contribution in [0.4, 0.5) is 0 Å². The van der Waals surface area contributed by atoms with Gasteiger partial charge in [0.25, 0.3) is 5.22 Å². The van der Waals surface area contributed by atoms with E-state index in [2.05, 4.69) is 27.5 Å². The number of thioether (sulfide) groups is 1. The monoisotopic (exact) mass is 214 g/mol. The molecule has 1 aromatic rings. The molecule has 0 spiro atoms. The van der Waals surface area contributed by atoms with Gasteiger partial charge in [0.15, 0.2) is 0 Å². The van der Waals surface area contributed by atoms with Gasteiger partial charge in [-0.05, 0) is 13.3 Å². The summed E-state index contributed by atoms with van der Waals surface area (Å²) in [6, 6.07) is 0.183. The molecule has 2 heterocycles. The van der Waals surface area contributed by atoms with Gasteiger partial charge < -0.3 is 14.6 Å². The molecule has 1 fully saturated rings. The Hall–Kier alpha value is -0.590. The Balaban J connectivity index is 2.06. The molecule has 0 aliphatic carbocycles. The molecule has 5 nitrogen and oxygen atoms in total. The van der Waals surface area contributed by atoms with Gasteiger partial charge in [0.2, 0.25) is 5.89 Å². The summed E-state index contributed by atoms with van der Waals surface area (Å²) in [6.07, 6.45) is 1.93. The fourth-order valence-corrected chi connectivity index (χ4v) is 1.80. The van der Waals surface area contributed by atoms with Gasteiger partial charge >= 0.3 is 0 Å². The lowest BCUT2D eigenvalue weighted by Crippen LogP contribution is -2.43. The molecule has 1 aliphatic rings. The van der Waals surface area contributed by atoms with Gasteiger partial charge in [-0.25, -0.2) is 0 Å². The van der Waals surface area contributed by atoms with Crippen molar-refractivity contribution in [2.45, 2.75) is 11.3 Å². The topological polar surface area (TPSA) is 54.2 Å². The van der Waals surface area contributed by atoms with Crippen molar-refractivity contribution in [3.05, 3.63) is 5.89 Å². The molecule has 1 aliphatic heterocycles. The van der Waals surface area contributed by atoms with Gasteiger partial charge in [0.05, 0.1) is 6.04 Å². The highest BCUT2D eigenvalue weighted by atomic mass is 32.2. The quantitative estimate of drug-likeness (QED) is 0.718. The number of hydrogen-bond donors (Lipinski definition) is 1. The molecule has 0 aromatic carbocycles. The van der Waals surface area contributed by atoms with E-state index in [9.17, 15) is 0 Å². The van der Waals surface area contributed by atoms with Crippen molar-refractivity contribution in [3.8, 4) is 0 Å². The SMILES string of the molecule is CSc1nnc(C2CN(C)CCN2)o1. The second-order valence-electron chi connectivity index (χ2n) is 3.38. The molecule has 1 saturated heterocycles. The predicted octanol–water partition coefficient (Wildman–Crippen LogP) is 0.368. The third-order valence-corrected chi connectivity index (χ3v) is 2.79. The van der Waals surface area contributed by atoms with Crippen molar-refractivity contribution in [1.82, 2.24) is 20.4 Å². The highest BCUT2D eigenvalue weighted by Gasteiger charge is 2.23. The van der Waals surface area contributed by atoms with Crippen molar-refractivity contribution in [2.24, 2.45) is 0 Å². The maximum absolute atomic E-state index is 5.47. The van der Waals surface area contributed by atoms with Gasteiger partial charge in [0, 0.05) is 19.6 Å². The standard InChI is InChI=1S/C8H14N4OS/c1-12-4-3-9-6(5-12)7-10-11-8(13-7)14-2/h6,9H,3-5H2,1-2H3. The first-order valence-corrected chi connectivity index (χ1v) is 5.81. The molecule has 14 heavy (non-hydrogen) atoms. The lowest BCUT2D eigenvalue weighted by molar-refractivity contribution is 0.213. The summed E-state index contributed by atoms with van der Waals surface area (Å²) in [5, 5.41) is 11.9. The molecule has 0 saturated carbocycles. The van der Waals surface area contributed by atoms with Crippen LogP contribution in [0.2, 0.25) is 0 Å². The Kier molecular flexibility index (Phi) is 3.05. The second-order valence-corrected chi connectivity index (χ2v) is 4.14. The largest absolute Gasteiger partial charge is 0.414 e. The summed E-state index contributed by atoms with van der Waals surface area (Å²) < 4.78 is 5.47. The number of aromatic nitrogens is 2. The van der Waals surface area contributed by atoms with E-state index in [1.165, 1.54) is 11.8 Å². The molecule has 1 atom stereocenters. The molecule has 1 aromatic heterocycles. The number of likely N-dealkylation sites (N-methyl/N-ethyl adjacent to an activating group) is 1. The molecule has 0 bridgehead atoms. The maximum atomic E-state index is 5.47. The van der Waals surface area contributed by atoms with Gasteiger partial charge in [-0.3, -0.25) is 0 Å². The first-order valence-electron chi connectivity index (χ1n) is 4.59. The summed E-state index contributed by atoms with van der Waals surface area (Å²) in [5.41, 5.74) is 0. The highest BCUT2D eigenvalue weighted by molar-refractivity contribution is 7.98. The number of piperazine rings is 1.